The molecule has 0 saturated carbocycles. The van der Waals surface area contributed by atoms with Crippen molar-refractivity contribution in [3.8, 4) is 0 Å². The van der Waals surface area contributed by atoms with Gasteiger partial charge in [0.1, 0.15) is 5.52 Å². The van der Waals surface area contributed by atoms with Gasteiger partial charge in [-0.2, -0.15) is 5.10 Å². The smallest absolute Gasteiger partial charge is 0.179 e. The lowest BCUT2D eigenvalue weighted by Crippen LogP contribution is -2.32. The second-order valence-electron chi connectivity index (χ2n) is 7.22. The quantitative estimate of drug-likeness (QED) is 0.847. The summed E-state index contributed by atoms with van der Waals surface area (Å²) in [6, 6.07) is 0. The zero-order valence-electron chi connectivity index (χ0n) is 13.0. The van der Waals surface area contributed by atoms with Crippen LogP contribution in [0.15, 0.2) is 0 Å². The summed E-state index contributed by atoms with van der Waals surface area (Å²) in [5.41, 5.74) is 3.32. The topological polar surface area (TPSA) is 38.5 Å². The summed E-state index contributed by atoms with van der Waals surface area (Å²) in [7, 11) is 1.97. The summed E-state index contributed by atoms with van der Waals surface area (Å²) >= 11 is 5.53. The van der Waals surface area contributed by atoms with Gasteiger partial charge in [-0.15, -0.1) is 0 Å². The zero-order valence-corrected chi connectivity index (χ0v) is 13.8. The average Bonchev–Trinajstić information content (AvgIpc) is 2.62. The summed E-state index contributed by atoms with van der Waals surface area (Å²) < 4.78 is 4.91. The average molecular weight is 280 g/mol. The Morgan fingerprint density at radius 2 is 1.79 bits per heavy atom. The van der Waals surface area contributed by atoms with E-state index < -0.39 is 0 Å². The number of rotatable bonds is 2. The van der Waals surface area contributed by atoms with E-state index in [1.807, 2.05) is 18.7 Å². The van der Waals surface area contributed by atoms with Crippen LogP contribution in [0, 0.1) is 17.1 Å². The third-order valence-corrected chi connectivity index (χ3v) is 3.69. The van der Waals surface area contributed by atoms with E-state index in [4.69, 9.17) is 12.2 Å². The highest BCUT2D eigenvalue weighted by atomic mass is 32.1. The number of hydrogen-bond acceptors (Lipinski definition) is 2. The molecule has 106 valence electrons. The summed E-state index contributed by atoms with van der Waals surface area (Å²) in [4.78, 5) is 3.30. The highest BCUT2D eigenvalue weighted by Crippen LogP contribution is 2.35. The number of nitrogens with zero attached hydrogens (tertiary/aromatic N) is 3. The van der Waals surface area contributed by atoms with Gasteiger partial charge in [0.05, 0.1) is 5.69 Å². The van der Waals surface area contributed by atoms with Crippen LogP contribution >= 0.6 is 12.2 Å². The molecule has 2 heterocycles. The summed E-state index contributed by atoms with van der Waals surface area (Å²) in [5.74, 6) is 0. The van der Waals surface area contributed by atoms with E-state index in [2.05, 4.69) is 49.3 Å². The van der Waals surface area contributed by atoms with Gasteiger partial charge in [0.25, 0.3) is 0 Å². The van der Waals surface area contributed by atoms with Crippen LogP contribution in [-0.2, 0) is 12.6 Å². The van der Waals surface area contributed by atoms with E-state index >= 15 is 0 Å². The SMILES string of the molecule is Cc1nn(C)c2c1[nH]c(=S)n2C(C)(C)CC(C)(C)C. The number of nitrogens with one attached hydrogen (secondary N) is 1. The van der Waals surface area contributed by atoms with Gasteiger partial charge in [-0.05, 0) is 44.8 Å². The molecule has 0 bridgehead atoms. The van der Waals surface area contributed by atoms with Gasteiger partial charge >= 0.3 is 0 Å². The van der Waals surface area contributed by atoms with Gasteiger partial charge in [-0.25, -0.2) is 0 Å². The largest absolute Gasteiger partial charge is 0.328 e. The van der Waals surface area contributed by atoms with Crippen molar-refractivity contribution >= 4 is 23.4 Å². The molecule has 0 saturated heterocycles. The Bertz CT molecular complexity index is 664. The number of imidazole rings is 1. The van der Waals surface area contributed by atoms with E-state index in [1.165, 1.54) is 0 Å². The molecule has 2 rings (SSSR count). The van der Waals surface area contributed by atoms with E-state index in [1.54, 1.807) is 0 Å². The molecule has 4 nitrogen and oxygen atoms in total. The lowest BCUT2D eigenvalue weighted by molar-refractivity contribution is 0.216. The lowest BCUT2D eigenvalue weighted by Gasteiger charge is -2.34. The Labute approximate surface area is 119 Å². The fourth-order valence-electron chi connectivity index (χ4n) is 3.25. The number of aromatic nitrogens is 4. The maximum Gasteiger partial charge on any atom is 0.179 e. The zero-order chi connectivity index (χ0) is 14.6. The first-order valence-electron chi connectivity index (χ1n) is 6.68. The Kier molecular flexibility index (Phi) is 3.16. The maximum absolute atomic E-state index is 5.53. The Morgan fingerprint density at radius 1 is 1.21 bits per heavy atom. The Hall–Kier alpha value is -1.10. The van der Waals surface area contributed by atoms with Crippen molar-refractivity contribution in [2.45, 2.75) is 53.5 Å². The van der Waals surface area contributed by atoms with Crippen molar-refractivity contribution in [2.75, 3.05) is 0 Å². The van der Waals surface area contributed by atoms with Gasteiger partial charge in [0.2, 0.25) is 0 Å². The van der Waals surface area contributed by atoms with Gasteiger partial charge in [0.15, 0.2) is 10.4 Å². The summed E-state index contributed by atoms with van der Waals surface area (Å²) in [6.45, 7) is 13.3. The van der Waals surface area contributed by atoms with Gasteiger partial charge in [-0.3, -0.25) is 9.25 Å². The first-order chi connectivity index (χ1) is 8.53. The fraction of sp³-hybridized carbons (Fsp3) is 0.714. The van der Waals surface area contributed by atoms with Crippen LogP contribution in [-0.4, -0.2) is 19.3 Å². The van der Waals surface area contributed by atoms with E-state index in [0.717, 1.165) is 28.0 Å². The van der Waals surface area contributed by atoms with Crippen LogP contribution in [0.3, 0.4) is 0 Å². The summed E-state index contributed by atoms with van der Waals surface area (Å²) in [5, 5.41) is 4.48. The monoisotopic (exact) mass is 280 g/mol. The molecule has 0 spiro atoms. The van der Waals surface area contributed by atoms with Crippen LogP contribution in [0.25, 0.3) is 11.2 Å². The van der Waals surface area contributed by atoms with Crippen molar-refractivity contribution in [2.24, 2.45) is 12.5 Å². The number of aryl methyl sites for hydroxylation is 2. The molecule has 5 heteroatoms. The van der Waals surface area contributed by atoms with Crippen LogP contribution in [0.4, 0.5) is 0 Å². The number of H-pyrrole nitrogens is 1. The second-order valence-corrected chi connectivity index (χ2v) is 7.61. The van der Waals surface area contributed by atoms with Crippen molar-refractivity contribution in [3.05, 3.63) is 10.5 Å². The minimum absolute atomic E-state index is 0.0478. The molecule has 0 aliphatic carbocycles. The highest BCUT2D eigenvalue weighted by molar-refractivity contribution is 7.71. The minimum Gasteiger partial charge on any atom is -0.328 e. The fourth-order valence-corrected chi connectivity index (χ4v) is 3.68. The summed E-state index contributed by atoms with van der Waals surface area (Å²) in [6.07, 6.45) is 1.05. The van der Waals surface area contributed by atoms with E-state index in [-0.39, 0.29) is 11.0 Å². The Balaban J connectivity index is 2.68. The number of aromatic amines is 1. The predicted molar refractivity (Wildman–Crippen MR) is 82.0 cm³/mol. The number of fused-ring (bicyclic) bond motifs is 1. The second kappa shape index (κ2) is 4.20. The molecule has 19 heavy (non-hydrogen) atoms. The standard InChI is InChI=1S/C14H24N4S/c1-9-10-11(17(7)16-9)18(12(19)15-10)14(5,6)8-13(2,3)4/h8H2,1-7H3,(H,15,19). The van der Waals surface area contributed by atoms with E-state index in [9.17, 15) is 0 Å². The molecule has 0 aliphatic rings. The van der Waals surface area contributed by atoms with Crippen LogP contribution < -0.4 is 0 Å². The highest BCUT2D eigenvalue weighted by Gasteiger charge is 2.30. The molecule has 2 aromatic rings. The third-order valence-electron chi connectivity index (χ3n) is 3.41. The molecule has 0 aliphatic heterocycles. The van der Waals surface area contributed by atoms with Gasteiger partial charge in [0, 0.05) is 12.6 Å². The molecule has 0 amide bonds. The minimum atomic E-state index is -0.0478. The van der Waals surface area contributed by atoms with Crippen LogP contribution in [0.2, 0.25) is 0 Å². The molecular weight excluding hydrogens is 256 g/mol. The molecule has 0 aromatic carbocycles. The van der Waals surface area contributed by atoms with Crippen molar-refractivity contribution in [1.82, 2.24) is 19.3 Å². The molecule has 1 N–H and O–H groups in total. The van der Waals surface area contributed by atoms with Crippen molar-refractivity contribution < 1.29 is 0 Å². The first kappa shape index (κ1) is 14.3. The third kappa shape index (κ3) is 2.48. The Morgan fingerprint density at radius 3 is 2.32 bits per heavy atom. The van der Waals surface area contributed by atoms with Gasteiger partial charge < -0.3 is 4.98 Å². The molecule has 2 aromatic heterocycles. The molecular formula is C14H24N4S. The first-order valence-corrected chi connectivity index (χ1v) is 7.08. The van der Waals surface area contributed by atoms with E-state index in [0.29, 0.717) is 0 Å². The predicted octanol–water partition coefficient (Wildman–Crippen LogP) is 3.91. The van der Waals surface area contributed by atoms with Crippen LogP contribution in [0.1, 0.15) is 46.7 Å². The normalized spacial score (nSPS) is 13.4. The molecule has 0 radical (unpaired) electrons. The van der Waals surface area contributed by atoms with Crippen molar-refractivity contribution in [1.29, 1.82) is 0 Å². The maximum atomic E-state index is 5.53. The van der Waals surface area contributed by atoms with Crippen molar-refractivity contribution in [3.63, 3.8) is 0 Å². The molecule has 0 fully saturated rings. The van der Waals surface area contributed by atoms with Gasteiger partial charge in [-0.1, -0.05) is 20.8 Å². The molecule has 0 atom stereocenters. The molecule has 0 unspecified atom stereocenters. The van der Waals surface area contributed by atoms with Crippen LogP contribution in [0.5, 0.6) is 0 Å². The number of hydrogen-bond donors (Lipinski definition) is 1. The lowest BCUT2D eigenvalue weighted by atomic mass is 9.81.